The van der Waals surface area contributed by atoms with Gasteiger partial charge in [-0.1, -0.05) is 0 Å². The molecule has 0 aliphatic carbocycles. The summed E-state index contributed by atoms with van der Waals surface area (Å²) in [4.78, 5) is 18.5. The highest BCUT2D eigenvalue weighted by atomic mass is 16.3. The summed E-state index contributed by atoms with van der Waals surface area (Å²) < 4.78 is 5.38. The first kappa shape index (κ1) is 16.4. The van der Waals surface area contributed by atoms with Crippen LogP contribution in [-0.4, -0.2) is 44.0 Å². The van der Waals surface area contributed by atoms with Crippen LogP contribution in [0.4, 0.5) is 17.1 Å². The first-order valence-electron chi connectivity index (χ1n) is 8.18. The van der Waals surface area contributed by atoms with Crippen LogP contribution in [0.25, 0.3) is 0 Å². The van der Waals surface area contributed by atoms with E-state index in [1.807, 2.05) is 30.3 Å². The number of nitrogen functional groups attached to an aromatic ring is 1. The van der Waals surface area contributed by atoms with Gasteiger partial charge in [0, 0.05) is 38.8 Å². The number of furan rings is 1. The molecule has 24 heavy (non-hydrogen) atoms. The summed E-state index contributed by atoms with van der Waals surface area (Å²) in [5.41, 5.74) is 8.58. The molecular weight excluding hydrogens is 304 g/mol. The molecule has 1 amide bonds. The van der Waals surface area contributed by atoms with Crippen molar-refractivity contribution in [2.24, 2.45) is 0 Å². The van der Waals surface area contributed by atoms with E-state index in [0.29, 0.717) is 12.2 Å². The van der Waals surface area contributed by atoms with Crippen molar-refractivity contribution in [3.8, 4) is 0 Å². The minimum Gasteiger partial charge on any atom is -0.467 e. The van der Waals surface area contributed by atoms with Crippen LogP contribution in [0.2, 0.25) is 0 Å². The van der Waals surface area contributed by atoms with Crippen LogP contribution in [0.5, 0.6) is 0 Å². The van der Waals surface area contributed by atoms with Crippen LogP contribution < -0.4 is 15.5 Å². The molecule has 0 unspecified atom stereocenters. The molecule has 6 nitrogen and oxygen atoms in total. The van der Waals surface area contributed by atoms with Gasteiger partial charge in [0.25, 0.3) is 0 Å². The van der Waals surface area contributed by atoms with Gasteiger partial charge >= 0.3 is 0 Å². The van der Waals surface area contributed by atoms with Crippen molar-refractivity contribution in [3.05, 3.63) is 42.4 Å². The molecule has 0 atom stereocenters. The van der Waals surface area contributed by atoms with Crippen LogP contribution in [-0.2, 0) is 11.3 Å². The van der Waals surface area contributed by atoms with Crippen molar-refractivity contribution in [3.63, 3.8) is 0 Å². The molecule has 1 fully saturated rings. The lowest BCUT2D eigenvalue weighted by molar-refractivity contribution is -0.116. The molecule has 1 saturated heterocycles. The van der Waals surface area contributed by atoms with Gasteiger partial charge in [0.1, 0.15) is 5.76 Å². The van der Waals surface area contributed by atoms with Gasteiger partial charge in [-0.05, 0) is 37.4 Å². The second kappa shape index (κ2) is 6.97. The summed E-state index contributed by atoms with van der Waals surface area (Å²) in [5.74, 6) is 0.670. The normalized spacial score (nSPS) is 15.5. The number of nitrogens with zero attached hydrogens (tertiary/aromatic N) is 3. The smallest absolute Gasteiger partial charge is 0.224 e. The molecule has 0 radical (unpaired) electrons. The third-order valence-corrected chi connectivity index (χ3v) is 4.45. The van der Waals surface area contributed by atoms with E-state index in [-0.39, 0.29) is 5.91 Å². The number of hydrogen-bond donors (Lipinski definition) is 1. The van der Waals surface area contributed by atoms with E-state index >= 15 is 0 Å². The second-order valence-corrected chi connectivity index (χ2v) is 6.22. The molecule has 6 heteroatoms. The van der Waals surface area contributed by atoms with Crippen molar-refractivity contribution in [1.82, 2.24) is 4.90 Å². The van der Waals surface area contributed by atoms with Crippen molar-refractivity contribution in [1.29, 1.82) is 0 Å². The number of benzene rings is 1. The number of rotatable bonds is 4. The van der Waals surface area contributed by atoms with E-state index in [1.54, 1.807) is 18.1 Å². The summed E-state index contributed by atoms with van der Waals surface area (Å²) >= 11 is 0. The zero-order valence-electron chi connectivity index (χ0n) is 14.2. The van der Waals surface area contributed by atoms with E-state index in [4.69, 9.17) is 10.2 Å². The highest BCUT2D eigenvalue weighted by Crippen LogP contribution is 2.30. The largest absolute Gasteiger partial charge is 0.467 e. The van der Waals surface area contributed by atoms with Gasteiger partial charge in [-0.3, -0.25) is 4.79 Å². The average molecular weight is 328 g/mol. The zero-order chi connectivity index (χ0) is 17.1. The van der Waals surface area contributed by atoms with Gasteiger partial charge in [-0.25, -0.2) is 0 Å². The summed E-state index contributed by atoms with van der Waals surface area (Å²) in [6.45, 7) is 5.92. The van der Waals surface area contributed by atoms with E-state index in [2.05, 4.69) is 16.8 Å². The van der Waals surface area contributed by atoms with E-state index in [1.165, 1.54) is 0 Å². The number of piperazine rings is 1. The second-order valence-electron chi connectivity index (χ2n) is 6.22. The van der Waals surface area contributed by atoms with E-state index < -0.39 is 0 Å². The van der Waals surface area contributed by atoms with Crippen LogP contribution in [0.1, 0.15) is 12.7 Å². The third kappa shape index (κ3) is 3.54. The third-order valence-electron chi connectivity index (χ3n) is 4.45. The molecule has 2 N–H and O–H groups in total. The SMILES string of the molecule is CC(=O)N(Cc1ccco1)c1cc(N2CCN(C)CC2)ccc1N. The van der Waals surface area contributed by atoms with Gasteiger partial charge in [0.2, 0.25) is 5.91 Å². The van der Waals surface area contributed by atoms with Gasteiger partial charge in [0.15, 0.2) is 0 Å². The molecule has 1 aromatic heterocycles. The number of carbonyl (C=O) groups is 1. The van der Waals surface area contributed by atoms with E-state index in [0.717, 1.165) is 43.3 Å². The Balaban J connectivity index is 1.87. The van der Waals surface area contributed by atoms with Crippen LogP contribution in [0.15, 0.2) is 41.0 Å². The highest BCUT2D eigenvalue weighted by molar-refractivity contribution is 5.95. The van der Waals surface area contributed by atoms with Crippen molar-refractivity contribution in [2.75, 3.05) is 48.8 Å². The Morgan fingerprint density at radius 1 is 1.25 bits per heavy atom. The van der Waals surface area contributed by atoms with Crippen molar-refractivity contribution < 1.29 is 9.21 Å². The Kier molecular flexibility index (Phi) is 4.76. The molecule has 0 saturated carbocycles. The maximum absolute atomic E-state index is 12.2. The van der Waals surface area contributed by atoms with Crippen molar-refractivity contribution in [2.45, 2.75) is 13.5 Å². The molecule has 1 aliphatic heterocycles. The lowest BCUT2D eigenvalue weighted by Crippen LogP contribution is -2.44. The lowest BCUT2D eigenvalue weighted by Gasteiger charge is -2.34. The Morgan fingerprint density at radius 3 is 2.62 bits per heavy atom. The Hall–Kier alpha value is -2.47. The zero-order valence-corrected chi connectivity index (χ0v) is 14.2. The number of carbonyl (C=O) groups excluding carboxylic acids is 1. The van der Waals surface area contributed by atoms with Gasteiger partial charge in [-0.15, -0.1) is 0 Å². The number of nitrogens with two attached hydrogens (primary N) is 1. The highest BCUT2D eigenvalue weighted by Gasteiger charge is 2.20. The molecule has 128 valence electrons. The molecule has 0 spiro atoms. The molecule has 0 bridgehead atoms. The standard InChI is InChI=1S/C18H24N4O2/c1-14(23)22(13-16-4-3-11-24-16)18-12-15(5-6-17(18)19)21-9-7-20(2)8-10-21/h3-6,11-12H,7-10,13,19H2,1-2H3. The number of amides is 1. The number of hydrogen-bond acceptors (Lipinski definition) is 5. The van der Waals surface area contributed by atoms with Gasteiger partial charge in [-0.2, -0.15) is 0 Å². The first-order chi connectivity index (χ1) is 11.5. The van der Waals surface area contributed by atoms with E-state index in [9.17, 15) is 4.79 Å². The average Bonchev–Trinajstić information content (AvgIpc) is 3.07. The van der Waals surface area contributed by atoms with Crippen LogP contribution in [0, 0.1) is 0 Å². The maximum atomic E-state index is 12.2. The fraction of sp³-hybridized carbons (Fsp3) is 0.389. The quantitative estimate of drug-likeness (QED) is 0.871. The lowest BCUT2D eigenvalue weighted by atomic mass is 10.1. The fourth-order valence-electron chi connectivity index (χ4n) is 2.95. The summed E-state index contributed by atoms with van der Waals surface area (Å²) in [7, 11) is 2.13. The summed E-state index contributed by atoms with van der Waals surface area (Å²) in [6, 6.07) is 9.58. The molecule has 1 aliphatic rings. The Labute approximate surface area is 142 Å². The first-order valence-corrected chi connectivity index (χ1v) is 8.18. The predicted molar refractivity (Wildman–Crippen MR) is 96.1 cm³/mol. The van der Waals surface area contributed by atoms with Gasteiger partial charge < -0.3 is 24.9 Å². The fourth-order valence-corrected chi connectivity index (χ4v) is 2.95. The maximum Gasteiger partial charge on any atom is 0.224 e. The summed E-state index contributed by atoms with van der Waals surface area (Å²) in [6.07, 6.45) is 1.61. The monoisotopic (exact) mass is 328 g/mol. The minimum absolute atomic E-state index is 0.0615. The van der Waals surface area contributed by atoms with Crippen LogP contribution in [0.3, 0.4) is 0 Å². The number of anilines is 3. The Bertz CT molecular complexity index is 691. The molecule has 1 aromatic carbocycles. The summed E-state index contributed by atoms with van der Waals surface area (Å²) in [5, 5.41) is 0. The van der Waals surface area contributed by atoms with Crippen molar-refractivity contribution >= 4 is 23.0 Å². The molecule has 2 heterocycles. The minimum atomic E-state index is -0.0615. The topological polar surface area (TPSA) is 66.0 Å². The number of likely N-dealkylation sites (N-methyl/N-ethyl adjacent to an activating group) is 1. The van der Waals surface area contributed by atoms with Crippen LogP contribution >= 0.6 is 0 Å². The Morgan fingerprint density at radius 2 is 2.00 bits per heavy atom. The molecule has 2 aromatic rings. The molecular formula is C18H24N4O2. The predicted octanol–water partition coefficient (Wildman–Crippen LogP) is 2.17. The van der Waals surface area contributed by atoms with Gasteiger partial charge in [0.05, 0.1) is 24.2 Å². The molecule has 3 rings (SSSR count).